The number of nitrogens with two attached hydrogens (primary N) is 1. The highest BCUT2D eigenvalue weighted by atomic mass is 35.5. The molecule has 33 nitrogen and oxygen atoms in total. The van der Waals surface area contributed by atoms with Crippen LogP contribution in [-0.2, 0) is 28.4 Å². The summed E-state index contributed by atoms with van der Waals surface area (Å²) >= 11 is 10.2. The average Bonchev–Trinajstić information content (AvgIpc) is 1.72. The van der Waals surface area contributed by atoms with Crippen molar-refractivity contribution in [2.45, 2.75) is 156 Å². The first-order valence-corrected chi connectivity index (χ1v) is 50.2. The monoisotopic (exact) mass is 1990 g/mol. The van der Waals surface area contributed by atoms with E-state index in [1.165, 1.54) is 53.1 Å². The lowest BCUT2D eigenvalue weighted by atomic mass is 10.1. The normalized spacial score (nSPS) is 14.4. The standard InChI is InChI=1S/C37H34N8O4S.C32H32N4O5S.C27H24N4O3S.C10H11ClN4O/c1-3-25(41-32-31-34(39-20-38-32)44(21-40-31)29-15-8-9-18-49-29)33-42-27-14-10-13-24(30(27)36(46)45(33)23-11-6-5-7-12-23)35-43-26-17-16-22(19-28(26)50-35)37(47)48-4-2;1-6-22(35-31(39)41-32(3,4)5)27-33-24-15-11-14-21(26(24)29(37)36(27)20-12-9-8-10-13-20)28-34-23-17-16-19(18-25(23)42-28)30(38)40-7-2;1-3-19(28)24-29-21-12-8-11-18(23(21)26(32)31(24)17-9-6-5-7-10-17)25-30-20-14-13-16(15-22(20)35-25)27(33)34-4-2;11-9-8-10(13-5-12-9)15(6-14-8)7-3-1-2-4-16-7/h5-7,10-14,16-17,19-21,25,29H,3-4,8-9,15,18H2,1-2H3,(H,38,39,41);8-18,22H,6-7H2,1-5H3,(H,35,39);5-15,19H,3-4,28H2,1-2H3;5-7H,1-4H2/t25-,29?;22-;19-;/m000./s1. The number of para-hydroxylation sites is 3. The molecule has 21 rings (SSSR count). The molecule has 12 heterocycles. The Morgan fingerprint density at radius 3 is 1.21 bits per heavy atom. The Balaban J connectivity index is 0.000000132. The molecule has 0 radical (unpaired) electrons. The van der Waals surface area contributed by atoms with Gasteiger partial charge < -0.3 is 44.8 Å². The minimum atomic E-state index is -0.679. The first-order chi connectivity index (χ1) is 69.5. The molecule has 2 aliphatic rings. The number of hydrogen-bond donors (Lipinski definition) is 3. The van der Waals surface area contributed by atoms with Crippen molar-refractivity contribution in [3.8, 4) is 48.8 Å². The molecule has 19 aromatic rings. The fourth-order valence-electron chi connectivity index (χ4n) is 17.2. The van der Waals surface area contributed by atoms with Crippen LogP contribution >= 0.6 is 45.6 Å². The molecular formula is C106H101ClN20O13S3. The molecule has 2 unspecified atom stereocenters. The Morgan fingerprint density at radius 1 is 0.441 bits per heavy atom. The van der Waals surface area contributed by atoms with Crippen LogP contribution in [0.2, 0.25) is 5.15 Å². The number of alkyl carbamates (subject to hydrolysis) is 1. The van der Waals surface area contributed by atoms with E-state index in [1.807, 2.05) is 169 Å². The van der Waals surface area contributed by atoms with Gasteiger partial charge in [-0.15, -0.1) is 34.0 Å². The molecule has 37 heteroatoms. The number of ether oxygens (including phenoxy) is 6. The summed E-state index contributed by atoms with van der Waals surface area (Å²) < 4.78 is 43.8. The number of thiazole rings is 3. The Morgan fingerprint density at radius 2 is 0.825 bits per heavy atom. The average molecular weight is 1990 g/mol. The van der Waals surface area contributed by atoms with Gasteiger partial charge in [0.15, 0.2) is 27.8 Å². The van der Waals surface area contributed by atoms with Crippen molar-refractivity contribution < 1.29 is 47.6 Å². The van der Waals surface area contributed by atoms with Crippen molar-refractivity contribution >= 4 is 161 Å². The molecule has 2 saturated heterocycles. The van der Waals surface area contributed by atoms with Crippen LogP contribution in [0.4, 0.5) is 10.6 Å². The van der Waals surface area contributed by atoms with Crippen molar-refractivity contribution in [2.75, 3.05) is 38.4 Å². The van der Waals surface area contributed by atoms with E-state index < -0.39 is 29.7 Å². The number of nitrogens with zero attached hydrogens (tertiary/aromatic N) is 17. The van der Waals surface area contributed by atoms with Crippen LogP contribution in [0.15, 0.2) is 240 Å². The summed E-state index contributed by atoms with van der Waals surface area (Å²) in [6, 6.07) is 59.2. The smallest absolute Gasteiger partial charge is 0.408 e. The molecule has 2 aliphatic heterocycles. The number of halogens is 1. The highest BCUT2D eigenvalue weighted by Crippen LogP contribution is 2.41. The molecule has 9 aromatic carbocycles. The third kappa shape index (κ3) is 20.9. The number of nitrogens with one attached hydrogen (secondary N) is 2. The summed E-state index contributed by atoms with van der Waals surface area (Å²) in [7, 11) is 0. The number of carbonyl (C=O) groups excluding carboxylic acids is 4. The van der Waals surface area contributed by atoms with Crippen LogP contribution in [0.1, 0.15) is 199 Å². The fourth-order valence-corrected chi connectivity index (χ4v) is 20.5. The lowest BCUT2D eigenvalue weighted by molar-refractivity contribution is -0.0299. The molecule has 10 aromatic heterocycles. The molecule has 0 saturated carbocycles. The summed E-state index contributed by atoms with van der Waals surface area (Å²) in [4.78, 5) is 148. The number of hydrogen-bond acceptors (Lipinski definition) is 30. The second-order valence-corrected chi connectivity index (χ2v) is 38.1. The van der Waals surface area contributed by atoms with E-state index in [1.54, 1.807) is 129 Å². The minimum Gasteiger partial charge on any atom is -0.462 e. The maximum Gasteiger partial charge on any atom is 0.408 e. The minimum absolute atomic E-state index is 0.0321. The van der Waals surface area contributed by atoms with Gasteiger partial charge in [-0.25, -0.2) is 79.0 Å². The summed E-state index contributed by atoms with van der Waals surface area (Å²) in [5.74, 6) is 0.862. The highest BCUT2D eigenvalue weighted by Gasteiger charge is 2.32. The summed E-state index contributed by atoms with van der Waals surface area (Å²) in [6.45, 7) is 19.0. The van der Waals surface area contributed by atoms with Crippen LogP contribution < -0.4 is 33.0 Å². The zero-order valence-electron chi connectivity index (χ0n) is 79.7. The number of esters is 3. The van der Waals surface area contributed by atoms with E-state index in [2.05, 4.69) is 40.5 Å². The Labute approximate surface area is 836 Å². The van der Waals surface area contributed by atoms with Crippen LogP contribution in [0.25, 0.3) is 134 Å². The fraction of sp³-hybridized carbons (Fsp3) is 0.274. The molecular weight excluding hydrogens is 1890 g/mol. The molecule has 1 amide bonds. The van der Waals surface area contributed by atoms with E-state index in [0.717, 1.165) is 69.5 Å². The number of benzene rings is 9. The maximum absolute atomic E-state index is 14.8. The van der Waals surface area contributed by atoms with Crippen LogP contribution in [0, 0.1) is 0 Å². The van der Waals surface area contributed by atoms with Crippen molar-refractivity contribution in [3.63, 3.8) is 0 Å². The van der Waals surface area contributed by atoms with Crippen LogP contribution in [0.5, 0.6) is 0 Å². The third-order valence-corrected chi connectivity index (χ3v) is 27.5. The molecule has 0 spiro atoms. The van der Waals surface area contributed by atoms with Gasteiger partial charge in [0.1, 0.15) is 68.7 Å². The second kappa shape index (κ2) is 43.5. The van der Waals surface area contributed by atoms with E-state index in [-0.39, 0.29) is 53.7 Å². The molecule has 2 fully saturated rings. The molecule has 143 heavy (non-hydrogen) atoms. The van der Waals surface area contributed by atoms with Crippen LogP contribution in [-0.4, -0.2) is 145 Å². The zero-order valence-corrected chi connectivity index (χ0v) is 82.9. The lowest BCUT2D eigenvalue weighted by Gasteiger charge is -2.25. The van der Waals surface area contributed by atoms with Gasteiger partial charge in [-0.3, -0.25) is 37.2 Å². The van der Waals surface area contributed by atoms with E-state index in [9.17, 15) is 33.6 Å². The SMILES string of the molecule is CCOC(=O)c1ccc2nc(-c3cccc4nc([C@@H](N)CC)n(-c5ccccc5)c(=O)c34)sc2c1.CCOC(=O)c1ccc2nc(-c3cccc4nc([C@H](CC)NC(=O)OC(C)(C)C)n(-c5ccccc5)c(=O)c34)sc2c1.CCOC(=O)c1ccc2nc(-c3cccc4nc([C@H](CC)Nc5ncnc6c5ncn6C5CCCCO5)n(-c5ccccc5)c(=O)c34)sc2c1.Clc1ncnc2c1ncn2C1CCCCO1. The first-order valence-electron chi connectivity index (χ1n) is 47.3. The predicted octanol–water partition coefficient (Wildman–Crippen LogP) is 21.5. The highest BCUT2D eigenvalue weighted by molar-refractivity contribution is 7.22. The molecule has 4 N–H and O–H groups in total. The number of amides is 1. The largest absolute Gasteiger partial charge is 0.462 e. The molecule has 0 bridgehead atoms. The zero-order chi connectivity index (χ0) is 99.7. The number of imidazole rings is 2. The van der Waals surface area contributed by atoms with E-state index >= 15 is 0 Å². The predicted molar refractivity (Wildman–Crippen MR) is 555 cm³/mol. The molecule has 728 valence electrons. The number of aromatic nitrogens is 17. The molecule has 5 atom stereocenters. The summed E-state index contributed by atoms with van der Waals surface area (Å²) in [5, 5.41) is 10.1. The number of fused-ring (bicyclic) bond motifs is 8. The van der Waals surface area contributed by atoms with Gasteiger partial charge in [0, 0.05) is 29.9 Å². The van der Waals surface area contributed by atoms with Gasteiger partial charge in [0.2, 0.25) is 0 Å². The van der Waals surface area contributed by atoms with Crippen LogP contribution in [0.3, 0.4) is 0 Å². The van der Waals surface area contributed by atoms with Gasteiger partial charge in [0.05, 0.1) is 148 Å². The number of carbonyl (C=O) groups is 4. The number of rotatable bonds is 23. The first kappa shape index (κ1) is 98.0. The van der Waals surface area contributed by atoms with Gasteiger partial charge in [-0.2, -0.15) is 0 Å². The molecule has 0 aliphatic carbocycles. The quantitative estimate of drug-likeness (QED) is 0.0304. The van der Waals surface area contributed by atoms with E-state index in [0.29, 0.717) is 188 Å². The lowest BCUT2D eigenvalue weighted by Crippen LogP contribution is -2.37. The van der Waals surface area contributed by atoms with E-state index in [4.69, 9.17) is 75.7 Å². The van der Waals surface area contributed by atoms with Gasteiger partial charge >= 0.3 is 24.0 Å². The third-order valence-electron chi connectivity index (χ3n) is 24.0. The Hall–Kier alpha value is -15.2. The van der Waals surface area contributed by atoms with Gasteiger partial charge in [-0.1, -0.05) is 123 Å². The topological polar surface area (TPSA) is 404 Å². The van der Waals surface area contributed by atoms with Crippen molar-refractivity contribution in [1.29, 1.82) is 0 Å². The Kier molecular flexibility index (Phi) is 29.8. The van der Waals surface area contributed by atoms with Crippen molar-refractivity contribution in [2.24, 2.45) is 5.73 Å². The Bertz CT molecular complexity index is 8160. The van der Waals surface area contributed by atoms with Gasteiger partial charge in [0.25, 0.3) is 16.7 Å². The summed E-state index contributed by atoms with van der Waals surface area (Å²) in [5.41, 5.74) is 16.9. The van der Waals surface area contributed by atoms with Crippen molar-refractivity contribution in [1.82, 2.24) is 88.0 Å². The number of anilines is 1. The maximum atomic E-state index is 14.8. The summed E-state index contributed by atoms with van der Waals surface area (Å²) in [6.07, 6.45) is 13.8. The van der Waals surface area contributed by atoms with Gasteiger partial charge in [-0.05, 0) is 209 Å². The second-order valence-electron chi connectivity index (χ2n) is 34.6. The van der Waals surface area contributed by atoms with Crippen molar-refractivity contribution in [3.05, 3.63) is 296 Å².